The Morgan fingerprint density at radius 1 is 1.05 bits per heavy atom. The van der Waals surface area contributed by atoms with Crippen LogP contribution in [0.15, 0.2) is 30.3 Å². The molecule has 0 heterocycles. The molecule has 0 radical (unpaired) electrons. The van der Waals surface area contributed by atoms with Crippen LogP contribution in [0.3, 0.4) is 0 Å². The van der Waals surface area contributed by atoms with Crippen LogP contribution in [-0.4, -0.2) is 5.78 Å². The number of aryl methyl sites for hydroxylation is 1. The Morgan fingerprint density at radius 3 is 2.16 bits per heavy atom. The molecule has 0 fully saturated rings. The smallest absolute Gasteiger partial charge is 0.198 e. The largest absolute Gasteiger partial charge is 0.399 e. The lowest BCUT2D eigenvalue weighted by Gasteiger charge is -2.07. The molecule has 98 valence electrons. The Balaban J connectivity index is 2.53. The van der Waals surface area contributed by atoms with E-state index in [1.807, 2.05) is 0 Å². The van der Waals surface area contributed by atoms with Crippen LogP contribution in [0.2, 0.25) is 0 Å². The molecule has 0 unspecified atom stereocenters. The number of hydrogen-bond acceptors (Lipinski definition) is 2. The third-order valence-corrected chi connectivity index (χ3v) is 2.77. The minimum atomic E-state index is -1.23. The van der Waals surface area contributed by atoms with Crippen molar-refractivity contribution in [2.45, 2.75) is 6.92 Å². The topological polar surface area (TPSA) is 43.1 Å². The summed E-state index contributed by atoms with van der Waals surface area (Å²) in [7, 11) is 0. The summed E-state index contributed by atoms with van der Waals surface area (Å²) >= 11 is 0. The highest BCUT2D eigenvalue weighted by Gasteiger charge is 2.20. The summed E-state index contributed by atoms with van der Waals surface area (Å²) in [6.07, 6.45) is 0. The van der Waals surface area contributed by atoms with Gasteiger partial charge in [0.25, 0.3) is 0 Å². The van der Waals surface area contributed by atoms with Gasteiger partial charge in [-0.15, -0.1) is 0 Å². The third kappa shape index (κ3) is 2.45. The molecule has 0 aliphatic carbocycles. The molecule has 0 spiro atoms. The third-order valence-electron chi connectivity index (χ3n) is 2.77. The molecule has 0 amide bonds. The maximum absolute atomic E-state index is 13.5. The van der Waals surface area contributed by atoms with E-state index in [1.54, 1.807) is 6.92 Å². The van der Waals surface area contributed by atoms with E-state index in [1.165, 1.54) is 18.2 Å². The van der Waals surface area contributed by atoms with Crippen LogP contribution in [-0.2, 0) is 0 Å². The standard InChI is InChI=1S/C14H10F3NO/c1-7-4-8(2-3-12(7)18)14(19)13-10(16)5-9(15)6-11(13)17/h2-6H,18H2,1H3. The fourth-order valence-corrected chi connectivity index (χ4v) is 1.72. The van der Waals surface area contributed by atoms with Crippen LogP contribution < -0.4 is 5.73 Å². The lowest BCUT2D eigenvalue weighted by Crippen LogP contribution is -2.09. The molecule has 2 aromatic rings. The van der Waals surface area contributed by atoms with Gasteiger partial charge < -0.3 is 5.73 Å². The first kappa shape index (κ1) is 13.1. The van der Waals surface area contributed by atoms with Crippen molar-refractivity contribution >= 4 is 11.5 Å². The highest BCUT2D eigenvalue weighted by atomic mass is 19.1. The van der Waals surface area contributed by atoms with Gasteiger partial charge in [-0.2, -0.15) is 0 Å². The molecule has 0 aliphatic rings. The molecule has 0 aromatic heterocycles. The molecule has 2 N–H and O–H groups in total. The predicted molar refractivity (Wildman–Crippen MR) is 65.3 cm³/mol. The maximum atomic E-state index is 13.5. The van der Waals surface area contributed by atoms with Crippen LogP contribution >= 0.6 is 0 Å². The molecular weight excluding hydrogens is 255 g/mol. The second-order valence-corrected chi connectivity index (χ2v) is 4.14. The summed E-state index contributed by atoms with van der Waals surface area (Å²) in [6, 6.07) is 5.22. The van der Waals surface area contributed by atoms with Crippen molar-refractivity contribution in [2.24, 2.45) is 0 Å². The number of halogens is 3. The van der Waals surface area contributed by atoms with E-state index in [9.17, 15) is 18.0 Å². The van der Waals surface area contributed by atoms with Crippen molar-refractivity contribution in [3.8, 4) is 0 Å². The van der Waals surface area contributed by atoms with E-state index in [0.717, 1.165) is 0 Å². The summed E-state index contributed by atoms with van der Waals surface area (Å²) in [5.74, 6) is -4.37. The van der Waals surface area contributed by atoms with E-state index < -0.39 is 28.8 Å². The molecule has 0 bridgehead atoms. The summed E-state index contributed by atoms with van der Waals surface area (Å²) in [6.45, 7) is 1.67. The average Bonchev–Trinajstić information content (AvgIpc) is 2.31. The number of carbonyl (C=O) groups excluding carboxylic acids is 1. The summed E-state index contributed by atoms with van der Waals surface area (Å²) < 4.78 is 39.8. The number of rotatable bonds is 2. The normalized spacial score (nSPS) is 10.5. The number of benzene rings is 2. The zero-order valence-corrected chi connectivity index (χ0v) is 10.0. The van der Waals surface area contributed by atoms with Gasteiger partial charge >= 0.3 is 0 Å². The van der Waals surface area contributed by atoms with E-state index in [4.69, 9.17) is 5.73 Å². The number of ketones is 1. The van der Waals surface area contributed by atoms with Crippen molar-refractivity contribution in [1.29, 1.82) is 0 Å². The second kappa shape index (κ2) is 4.76. The first-order valence-corrected chi connectivity index (χ1v) is 5.45. The first-order chi connectivity index (χ1) is 8.90. The molecule has 0 aliphatic heterocycles. The van der Waals surface area contributed by atoms with Crippen LogP contribution in [0.1, 0.15) is 21.5 Å². The lowest BCUT2D eigenvalue weighted by atomic mass is 10.00. The number of carbonyl (C=O) groups is 1. The van der Waals surface area contributed by atoms with E-state index in [0.29, 0.717) is 23.4 Å². The Morgan fingerprint density at radius 2 is 1.63 bits per heavy atom. The fourth-order valence-electron chi connectivity index (χ4n) is 1.72. The predicted octanol–water partition coefficient (Wildman–Crippen LogP) is 3.23. The monoisotopic (exact) mass is 265 g/mol. The van der Waals surface area contributed by atoms with E-state index in [-0.39, 0.29) is 5.56 Å². The van der Waals surface area contributed by atoms with Crippen molar-refractivity contribution in [3.05, 3.63) is 64.5 Å². The molecular formula is C14H10F3NO. The van der Waals surface area contributed by atoms with Gasteiger partial charge in [0.15, 0.2) is 5.78 Å². The zero-order valence-electron chi connectivity index (χ0n) is 10.0. The molecule has 5 heteroatoms. The highest BCUT2D eigenvalue weighted by molar-refractivity contribution is 6.09. The Kier molecular flexibility index (Phi) is 3.29. The summed E-state index contributed by atoms with van der Waals surface area (Å²) in [5.41, 5.74) is 6.01. The summed E-state index contributed by atoms with van der Waals surface area (Å²) in [4.78, 5) is 12.0. The van der Waals surface area contributed by atoms with Gasteiger partial charge in [0.2, 0.25) is 0 Å². The molecule has 2 nitrogen and oxygen atoms in total. The number of anilines is 1. The van der Waals surface area contributed by atoms with Crippen LogP contribution in [0.5, 0.6) is 0 Å². The van der Waals surface area contributed by atoms with Crippen LogP contribution in [0, 0.1) is 24.4 Å². The molecule has 0 saturated carbocycles. The molecule has 19 heavy (non-hydrogen) atoms. The van der Waals surface area contributed by atoms with Gasteiger partial charge in [-0.3, -0.25) is 4.79 Å². The van der Waals surface area contributed by atoms with Crippen molar-refractivity contribution in [3.63, 3.8) is 0 Å². The number of nitrogens with two attached hydrogens (primary N) is 1. The summed E-state index contributed by atoms with van der Waals surface area (Å²) in [5, 5.41) is 0. The van der Waals surface area contributed by atoms with Crippen LogP contribution in [0.25, 0.3) is 0 Å². The quantitative estimate of drug-likeness (QED) is 0.669. The minimum Gasteiger partial charge on any atom is -0.399 e. The molecule has 2 rings (SSSR count). The van der Waals surface area contributed by atoms with Crippen molar-refractivity contribution < 1.29 is 18.0 Å². The highest BCUT2D eigenvalue weighted by Crippen LogP contribution is 2.21. The first-order valence-electron chi connectivity index (χ1n) is 5.45. The van der Waals surface area contributed by atoms with Gasteiger partial charge in [0, 0.05) is 23.4 Å². The minimum absolute atomic E-state index is 0.0936. The molecule has 0 saturated heterocycles. The Labute approximate surface area is 107 Å². The van der Waals surface area contributed by atoms with Crippen molar-refractivity contribution in [2.75, 3.05) is 5.73 Å². The fraction of sp³-hybridized carbons (Fsp3) is 0.0714. The molecule has 0 atom stereocenters. The molecule has 2 aromatic carbocycles. The van der Waals surface area contributed by atoms with E-state index in [2.05, 4.69) is 0 Å². The SMILES string of the molecule is Cc1cc(C(=O)c2c(F)cc(F)cc2F)ccc1N. The lowest BCUT2D eigenvalue weighted by molar-refractivity contribution is 0.103. The maximum Gasteiger partial charge on any atom is 0.198 e. The van der Waals surface area contributed by atoms with Crippen molar-refractivity contribution in [1.82, 2.24) is 0 Å². The average molecular weight is 265 g/mol. The van der Waals surface area contributed by atoms with Gasteiger partial charge in [-0.1, -0.05) is 0 Å². The van der Waals surface area contributed by atoms with E-state index >= 15 is 0 Å². The van der Waals surface area contributed by atoms with Gasteiger partial charge in [0.05, 0.1) is 5.56 Å². The number of hydrogen-bond donors (Lipinski definition) is 1. The Bertz CT molecular complexity index is 645. The van der Waals surface area contributed by atoms with Crippen LogP contribution in [0.4, 0.5) is 18.9 Å². The Hall–Kier alpha value is -2.30. The number of nitrogen functional groups attached to an aromatic ring is 1. The van der Waals surface area contributed by atoms with Gasteiger partial charge in [0.1, 0.15) is 17.5 Å². The van der Waals surface area contributed by atoms with Gasteiger partial charge in [-0.25, -0.2) is 13.2 Å². The second-order valence-electron chi connectivity index (χ2n) is 4.14. The zero-order chi connectivity index (χ0) is 14.2. The van der Waals surface area contributed by atoms with Gasteiger partial charge in [-0.05, 0) is 30.7 Å².